The van der Waals surface area contributed by atoms with Gasteiger partial charge in [-0.1, -0.05) is 30.3 Å². The first kappa shape index (κ1) is 17.7. The lowest BCUT2D eigenvalue weighted by molar-refractivity contribution is -0.131. The Balaban J connectivity index is 1.31. The van der Waals surface area contributed by atoms with Crippen LogP contribution in [0.4, 0.5) is 0 Å². The number of piperidine rings is 1. The Bertz CT molecular complexity index is 906. The lowest BCUT2D eigenvalue weighted by Crippen LogP contribution is -2.39. The second-order valence-electron chi connectivity index (χ2n) is 7.41. The number of carbonyl (C=O) groups is 1. The SMILES string of the molecule is COc1ccc(CC(=O)N2CCC(Cc3c[nH]c4ccccc34)CC2)cc1. The van der Waals surface area contributed by atoms with Crippen molar-refractivity contribution < 1.29 is 9.53 Å². The molecule has 0 spiro atoms. The Kier molecular flexibility index (Phi) is 5.14. The van der Waals surface area contributed by atoms with Crippen molar-refractivity contribution in [2.24, 2.45) is 5.92 Å². The van der Waals surface area contributed by atoms with Crippen molar-refractivity contribution in [2.45, 2.75) is 25.7 Å². The van der Waals surface area contributed by atoms with Crippen LogP contribution in [0.5, 0.6) is 5.75 Å². The first-order valence-corrected chi connectivity index (χ1v) is 9.68. The summed E-state index contributed by atoms with van der Waals surface area (Å²) >= 11 is 0. The van der Waals surface area contributed by atoms with Gasteiger partial charge in [-0.05, 0) is 54.5 Å². The number of likely N-dealkylation sites (tertiary alicyclic amines) is 1. The smallest absolute Gasteiger partial charge is 0.226 e. The number of nitrogens with one attached hydrogen (secondary N) is 1. The minimum Gasteiger partial charge on any atom is -0.497 e. The van der Waals surface area contributed by atoms with E-state index in [1.807, 2.05) is 29.2 Å². The Hall–Kier alpha value is -2.75. The molecule has 1 aliphatic heterocycles. The van der Waals surface area contributed by atoms with Gasteiger partial charge in [0.2, 0.25) is 5.91 Å². The number of rotatable bonds is 5. The molecule has 27 heavy (non-hydrogen) atoms. The summed E-state index contributed by atoms with van der Waals surface area (Å²) in [6, 6.07) is 16.2. The van der Waals surface area contributed by atoms with Gasteiger partial charge in [-0.3, -0.25) is 4.79 Å². The molecule has 0 radical (unpaired) electrons. The number of aromatic nitrogens is 1. The van der Waals surface area contributed by atoms with Crippen LogP contribution in [0.15, 0.2) is 54.7 Å². The summed E-state index contributed by atoms with van der Waals surface area (Å²) in [6.07, 6.45) is 5.86. The van der Waals surface area contributed by atoms with Gasteiger partial charge in [0.05, 0.1) is 13.5 Å². The summed E-state index contributed by atoms with van der Waals surface area (Å²) in [5, 5.41) is 1.33. The monoisotopic (exact) mass is 362 g/mol. The van der Waals surface area contributed by atoms with Gasteiger partial charge in [0.25, 0.3) is 0 Å². The summed E-state index contributed by atoms with van der Waals surface area (Å²) in [7, 11) is 1.65. The maximum absolute atomic E-state index is 12.6. The molecular weight excluding hydrogens is 336 g/mol. The number of ether oxygens (including phenoxy) is 1. The molecule has 2 heterocycles. The fourth-order valence-electron chi connectivity index (χ4n) is 4.03. The van der Waals surface area contributed by atoms with Crippen molar-refractivity contribution in [1.82, 2.24) is 9.88 Å². The lowest BCUT2D eigenvalue weighted by Gasteiger charge is -2.32. The van der Waals surface area contributed by atoms with Crippen LogP contribution in [0, 0.1) is 5.92 Å². The number of hydrogen-bond acceptors (Lipinski definition) is 2. The average Bonchev–Trinajstić information content (AvgIpc) is 3.12. The number of hydrogen-bond donors (Lipinski definition) is 1. The third kappa shape index (κ3) is 4.00. The van der Waals surface area contributed by atoms with Crippen molar-refractivity contribution >= 4 is 16.8 Å². The number of methoxy groups -OCH3 is 1. The first-order valence-electron chi connectivity index (χ1n) is 9.68. The van der Waals surface area contributed by atoms with E-state index in [0.717, 1.165) is 43.7 Å². The van der Waals surface area contributed by atoms with Gasteiger partial charge in [-0.2, -0.15) is 0 Å². The zero-order chi connectivity index (χ0) is 18.6. The summed E-state index contributed by atoms with van der Waals surface area (Å²) < 4.78 is 5.17. The molecule has 1 fully saturated rings. The molecule has 4 nitrogen and oxygen atoms in total. The van der Waals surface area contributed by atoms with Crippen molar-refractivity contribution in [3.8, 4) is 5.75 Å². The fraction of sp³-hybridized carbons (Fsp3) is 0.348. The highest BCUT2D eigenvalue weighted by Crippen LogP contribution is 2.26. The van der Waals surface area contributed by atoms with E-state index in [9.17, 15) is 4.79 Å². The van der Waals surface area contributed by atoms with Crippen molar-refractivity contribution in [3.63, 3.8) is 0 Å². The van der Waals surface area contributed by atoms with Crippen LogP contribution in [-0.4, -0.2) is 36.0 Å². The van der Waals surface area contributed by atoms with Gasteiger partial charge in [-0.25, -0.2) is 0 Å². The normalized spacial score (nSPS) is 15.2. The van der Waals surface area contributed by atoms with Gasteiger partial charge < -0.3 is 14.6 Å². The predicted molar refractivity (Wildman–Crippen MR) is 108 cm³/mol. The van der Waals surface area contributed by atoms with Gasteiger partial charge in [0.1, 0.15) is 5.75 Å². The number of carbonyl (C=O) groups excluding carboxylic acids is 1. The zero-order valence-corrected chi connectivity index (χ0v) is 15.8. The van der Waals surface area contributed by atoms with E-state index in [1.165, 1.54) is 16.5 Å². The second-order valence-corrected chi connectivity index (χ2v) is 7.41. The molecular formula is C23H26N2O2. The number of amides is 1. The molecule has 0 unspecified atom stereocenters. The maximum Gasteiger partial charge on any atom is 0.226 e. The Morgan fingerprint density at radius 1 is 1.11 bits per heavy atom. The highest BCUT2D eigenvalue weighted by atomic mass is 16.5. The standard InChI is InChI=1S/C23H26N2O2/c1-27-20-8-6-17(7-9-20)15-23(26)25-12-10-18(11-13-25)14-19-16-24-22-5-3-2-4-21(19)22/h2-9,16,18,24H,10-15H2,1H3. The van der Waals surface area contributed by atoms with Crippen LogP contribution in [0.3, 0.4) is 0 Å². The van der Waals surface area contributed by atoms with Crippen LogP contribution in [0.2, 0.25) is 0 Å². The van der Waals surface area contributed by atoms with Gasteiger partial charge in [0.15, 0.2) is 0 Å². The number of nitrogens with zero attached hydrogens (tertiary/aromatic N) is 1. The summed E-state index contributed by atoms with van der Waals surface area (Å²) in [4.78, 5) is 18.0. The van der Waals surface area contributed by atoms with E-state index < -0.39 is 0 Å². The fourth-order valence-corrected chi connectivity index (χ4v) is 4.03. The van der Waals surface area contributed by atoms with Crippen molar-refractivity contribution in [3.05, 3.63) is 65.9 Å². The van der Waals surface area contributed by atoms with Gasteiger partial charge in [0, 0.05) is 30.2 Å². The van der Waals surface area contributed by atoms with Crippen LogP contribution < -0.4 is 4.74 Å². The summed E-state index contributed by atoms with van der Waals surface area (Å²) in [5.41, 5.74) is 3.65. The average molecular weight is 362 g/mol. The number of fused-ring (bicyclic) bond motifs is 1. The molecule has 1 saturated heterocycles. The van der Waals surface area contributed by atoms with Crippen LogP contribution in [-0.2, 0) is 17.6 Å². The highest BCUT2D eigenvalue weighted by Gasteiger charge is 2.23. The van der Waals surface area contributed by atoms with Gasteiger partial charge >= 0.3 is 0 Å². The quantitative estimate of drug-likeness (QED) is 0.739. The molecule has 4 heteroatoms. The van der Waals surface area contributed by atoms with E-state index in [2.05, 4.69) is 35.4 Å². The largest absolute Gasteiger partial charge is 0.497 e. The first-order chi connectivity index (χ1) is 13.2. The molecule has 1 aromatic heterocycles. The highest BCUT2D eigenvalue weighted by molar-refractivity contribution is 5.83. The third-order valence-electron chi connectivity index (χ3n) is 5.67. The lowest BCUT2D eigenvalue weighted by atomic mass is 9.90. The summed E-state index contributed by atoms with van der Waals surface area (Å²) in [6.45, 7) is 1.73. The van der Waals surface area contributed by atoms with E-state index in [1.54, 1.807) is 7.11 Å². The molecule has 0 bridgehead atoms. The Morgan fingerprint density at radius 3 is 2.59 bits per heavy atom. The molecule has 0 aliphatic carbocycles. The minimum atomic E-state index is 0.228. The van der Waals surface area contributed by atoms with E-state index in [4.69, 9.17) is 4.74 Å². The third-order valence-corrected chi connectivity index (χ3v) is 5.67. The van der Waals surface area contributed by atoms with Crippen LogP contribution >= 0.6 is 0 Å². The molecule has 0 atom stereocenters. The molecule has 1 aliphatic rings. The molecule has 0 saturated carbocycles. The molecule has 2 aromatic carbocycles. The number of H-pyrrole nitrogens is 1. The predicted octanol–water partition coefficient (Wildman–Crippen LogP) is 4.20. The zero-order valence-electron chi connectivity index (χ0n) is 15.8. The molecule has 140 valence electrons. The van der Waals surface area contributed by atoms with E-state index in [-0.39, 0.29) is 5.91 Å². The molecule has 4 rings (SSSR count). The minimum absolute atomic E-state index is 0.228. The molecule has 3 aromatic rings. The summed E-state index contributed by atoms with van der Waals surface area (Å²) in [5.74, 6) is 1.70. The van der Waals surface area contributed by atoms with Crippen LogP contribution in [0.25, 0.3) is 10.9 Å². The Morgan fingerprint density at radius 2 is 1.85 bits per heavy atom. The number of para-hydroxylation sites is 1. The topological polar surface area (TPSA) is 45.3 Å². The number of benzene rings is 2. The van der Waals surface area contributed by atoms with E-state index in [0.29, 0.717) is 12.3 Å². The number of aromatic amines is 1. The second kappa shape index (κ2) is 7.87. The van der Waals surface area contributed by atoms with E-state index >= 15 is 0 Å². The van der Waals surface area contributed by atoms with Crippen molar-refractivity contribution in [1.29, 1.82) is 0 Å². The Labute approximate surface area is 160 Å². The van der Waals surface area contributed by atoms with Crippen molar-refractivity contribution in [2.75, 3.05) is 20.2 Å². The van der Waals surface area contributed by atoms with Gasteiger partial charge in [-0.15, -0.1) is 0 Å². The van der Waals surface area contributed by atoms with Crippen LogP contribution in [0.1, 0.15) is 24.0 Å². The molecule has 1 N–H and O–H groups in total. The maximum atomic E-state index is 12.6. The molecule has 1 amide bonds.